The Kier molecular flexibility index (Phi) is 3.88. The summed E-state index contributed by atoms with van der Waals surface area (Å²) in [6.07, 6.45) is 3.87. The Labute approximate surface area is 106 Å². The van der Waals surface area contributed by atoms with Crippen molar-refractivity contribution < 1.29 is 0 Å². The van der Waals surface area contributed by atoms with Crippen LogP contribution in [0.1, 0.15) is 44.2 Å². The van der Waals surface area contributed by atoms with Gasteiger partial charge in [-0.25, -0.2) is 0 Å². The molecule has 2 atom stereocenters. The van der Waals surface area contributed by atoms with Gasteiger partial charge in [0, 0.05) is 0 Å². The van der Waals surface area contributed by atoms with Crippen LogP contribution in [0, 0.1) is 12.8 Å². The molecule has 1 N–H and O–H groups in total. The predicted molar refractivity (Wildman–Crippen MR) is 74.4 cm³/mol. The summed E-state index contributed by atoms with van der Waals surface area (Å²) in [4.78, 5) is 0. The summed E-state index contributed by atoms with van der Waals surface area (Å²) >= 11 is 0. The minimum Gasteiger partial charge on any atom is -0.316 e. The summed E-state index contributed by atoms with van der Waals surface area (Å²) in [5, 5.41) is 3.57. The third-order valence-electron chi connectivity index (χ3n) is 4.31. The van der Waals surface area contributed by atoms with E-state index in [4.69, 9.17) is 0 Å². The second-order valence-electron chi connectivity index (χ2n) is 5.48. The van der Waals surface area contributed by atoms with Crippen LogP contribution in [-0.2, 0) is 5.41 Å². The monoisotopic (exact) mass is 231 g/mol. The summed E-state index contributed by atoms with van der Waals surface area (Å²) < 4.78 is 0. The van der Waals surface area contributed by atoms with Gasteiger partial charge in [-0.2, -0.15) is 0 Å². The molecule has 1 aromatic carbocycles. The second-order valence-corrected chi connectivity index (χ2v) is 5.48. The molecule has 94 valence electrons. The van der Waals surface area contributed by atoms with E-state index in [9.17, 15) is 0 Å². The number of benzene rings is 1. The maximum Gasteiger partial charge on any atom is -0.000554 e. The molecule has 0 saturated heterocycles. The van der Waals surface area contributed by atoms with E-state index in [0.717, 1.165) is 12.5 Å². The zero-order valence-electron chi connectivity index (χ0n) is 11.4. The SMILES string of the molecule is CCCNCC1CC1(CC)c1ccc(C)cc1. The highest BCUT2D eigenvalue weighted by Crippen LogP contribution is 2.56. The van der Waals surface area contributed by atoms with Gasteiger partial charge in [0.2, 0.25) is 0 Å². The number of nitrogens with one attached hydrogen (secondary N) is 1. The van der Waals surface area contributed by atoms with Gasteiger partial charge in [0.05, 0.1) is 0 Å². The lowest BCUT2D eigenvalue weighted by Crippen LogP contribution is -2.21. The molecule has 0 radical (unpaired) electrons. The van der Waals surface area contributed by atoms with E-state index in [1.165, 1.54) is 31.4 Å². The zero-order chi connectivity index (χ0) is 12.3. The van der Waals surface area contributed by atoms with Crippen molar-refractivity contribution in [1.29, 1.82) is 0 Å². The summed E-state index contributed by atoms with van der Waals surface area (Å²) in [7, 11) is 0. The van der Waals surface area contributed by atoms with Gasteiger partial charge in [-0.1, -0.05) is 43.7 Å². The van der Waals surface area contributed by atoms with Crippen LogP contribution in [0.3, 0.4) is 0 Å². The second kappa shape index (κ2) is 5.22. The molecule has 1 aromatic rings. The van der Waals surface area contributed by atoms with Crippen LogP contribution < -0.4 is 5.32 Å². The van der Waals surface area contributed by atoms with Crippen LogP contribution in [0.15, 0.2) is 24.3 Å². The summed E-state index contributed by atoms with van der Waals surface area (Å²) in [6.45, 7) is 9.07. The summed E-state index contributed by atoms with van der Waals surface area (Å²) in [6, 6.07) is 9.17. The van der Waals surface area contributed by atoms with Crippen molar-refractivity contribution in [3.63, 3.8) is 0 Å². The van der Waals surface area contributed by atoms with E-state index in [0.29, 0.717) is 5.41 Å². The summed E-state index contributed by atoms with van der Waals surface area (Å²) in [5.41, 5.74) is 3.39. The molecular weight excluding hydrogens is 206 g/mol. The van der Waals surface area contributed by atoms with Gasteiger partial charge in [-0.15, -0.1) is 0 Å². The third kappa shape index (κ3) is 2.55. The van der Waals surface area contributed by atoms with E-state index in [1.807, 2.05) is 0 Å². The standard InChI is InChI=1S/C16H25N/c1-4-10-17-12-15-11-16(15,5-2)14-8-6-13(3)7-9-14/h6-9,15,17H,4-5,10-12H2,1-3H3. The van der Waals surface area contributed by atoms with Crippen molar-refractivity contribution in [2.24, 2.45) is 5.92 Å². The first-order valence-electron chi connectivity index (χ1n) is 7.00. The Balaban J connectivity index is 2.00. The molecule has 1 nitrogen and oxygen atoms in total. The smallest absolute Gasteiger partial charge is 0.000554 e. The minimum atomic E-state index is 0.481. The Bertz CT molecular complexity index is 354. The fraction of sp³-hybridized carbons (Fsp3) is 0.625. The molecule has 0 aliphatic heterocycles. The molecule has 17 heavy (non-hydrogen) atoms. The molecule has 0 heterocycles. The highest BCUT2D eigenvalue weighted by Gasteiger charge is 2.52. The Morgan fingerprint density at radius 1 is 1.24 bits per heavy atom. The molecule has 2 rings (SSSR count). The average molecular weight is 231 g/mol. The molecule has 1 aliphatic rings. The summed E-state index contributed by atoms with van der Waals surface area (Å²) in [5.74, 6) is 0.849. The lowest BCUT2D eigenvalue weighted by molar-refractivity contribution is 0.538. The Morgan fingerprint density at radius 2 is 1.94 bits per heavy atom. The highest BCUT2D eigenvalue weighted by atomic mass is 14.9. The fourth-order valence-corrected chi connectivity index (χ4v) is 2.98. The van der Waals surface area contributed by atoms with Gasteiger partial charge in [0.25, 0.3) is 0 Å². The molecule has 1 aliphatic carbocycles. The molecule has 1 saturated carbocycles. The van der Waals surface area contributed by atoms with E-state index < -0.39 is 0 Å². The third-order valence-corrected chi connectivity index (χ3v) is 4.31. The molecule has 0 amide bonds. The van der Waals surface area contributed by atoms with Crippen molar-refractivity contribution in [3.8, 4) is 0 Å². The van der Waals surface area contributed by atoms with E-state index in [1.54, 1.807) is 5.56 Å². The molecule has 0 spiro atoms. The van der Waals surface area contributed by atoms with Gasteiger partial charge >= 0.3 is 0 Å². The first-order valence-corrected chi connectivity index (χ1v) is 7.00. The minimum absolute atomic E-state index is 0.481. The van der Waals surface area contributed by atoms with Crippen molar-refractivity contribution >= 4 is 0 Å². The number of rotatable bonds is 6. The lowest BCUT2D eigenvalue weighted by Gasteiger charge is -2.16. The van der Waals surface area contributed by atoms with Crippen molar-refractivity contribution in [2.75, 3.05) is 13.1 Å². The zero-order valence-corrected chi connectivity index (χ0v) is 11.4. The van der Waals surface area contributed by atoms with E-state index in [-0.39, 0.29) is 0 Å². The van der Waals surface area contributed by atoms with Crippen LogP contribution in [0.4, 0.5) is 0 Å². The van der Waals surface area contributed by atoms with Crippen molar-refractivity contribution in [2.45, 2.75) is 45.4 Å². The molecule has 0 bridgehead atoms. The molecule has 1 heteroatoms. The average Bonchev–Trinajstić information content (AvgIpc) is 3.05. The van der Waals surface area contributed by atoms with E-state index in [2.05, 4.69) is 50.4 Å². The first kappa shape index (κ1) is 12.6. The number of hydrogen-bond acceptors (Lipinski definition) is 1. The maximum absolute atomic E-state index is 3.57. The largest absolute Gasteiger partial charge is 0.316 e. The topological polar surface area (TPSA) is 12.0 Å². The van der Waals surface area contributed by atoms with Gasteiger partial charge in [-0.3, -0.25) is 0 Å². The normalized spacial score (nSPS) is 27.1. The van der Waals surface area contributed by atoms with Gasteiger partial charge in [0.1, 0.15) is 0 Å². The van der Waals surface area contributed by atoms with Crippen molar-refractivity contribution in [3.05, 3.63) is 35.4 Å². The molecule has 1 fully saturated rings. The molecule has 2 unspecified atom stereocenters. The van der Waals surface area contributed by atoms with Gasteiger partial charge < -0.3 is 5.32 Å². The van der Waals surface area contributed by atoms with E-state index >= 15 is 0 Å². The van der Waals surface area contributed by atoms with Crippen LogP contribution >= 0.6 is 0 Å². The van der Waals surface area contributed by atoms with Gasteiger partial charge in [-0.05, 0) is 56.2 Å². The quantitative estimate of drug-likeness (QED) is 0.737. The Hall–Kier alpha value is -0.820. The molecule has 0 aromatic heterocycles. The van der Waals surface area contributed by atoms with Crippen LogP contribution in [0.5, 0.6) is 0 Å². The van der Waals surface area contributed by atoms with Crippen LogP contribution in [0.25, 0.3) is 0 Å². The number of aryl methyl sites for hydroxylation is 1. The Morgan fingerprint density at radius 3 is 2.53 bits per heavy atom. The van der Waals surface area contributed by atoms with Crippen molar-refractivity contribution in [1.82, 2.24) is 5.32 Å². The number of hydrogen-bond donors (Lipinski definition) is 1. The predicted octanol–water partition coefficient (Wildman–Crippen LogP) is 3.66. The van der Waals surface area contributed by atoms with Crippen LogP contribution in [-0.4, -0.2) is 13.1 Å². The highest BCUT2D eigenvalue weighted by molar-refractivity contribution is 5.35. The lowest BCUT2D eigenvalue weighted by atomic mass is 9.90. The fourth-order valence-electron chi connectivity index (χ4n) is 2.98. The van der Waals surface area contributed by atoms with Crippen LogP contribution in [0.2, 0.25) is 0 Å². The first-order chi connectivity index (χ1) is 8.23. The maximum atomic E-state index is 3.57. The van der Waals surface area contributed by atoms with Gasteiger partial charge in [0.15, 0.2) is 0 Å². The molecular formula is C16H25N.